The second-order valence-corrected chi connectivity index (χ2v) is 13.2. The molecule has 5 rings (SSSR count). The van der Waals surface area contributed by atoms with Gasteiger partial charge in [-0.15, -0.1) is 0 Å². The smallest absolute Gasteiger partial charge is 0.335 e. The number of hydrogen-bond acceptors (Lipinski definition) is 7. The molecule has 0 bridgehead atoms. The highest BCUT2D eigenvalue weighted by Crippen LogP contribution is 2.67. The number of carbonyl (C=O) groups is 5. The van der Waals surface area contributed by atoms with Crippen molar-refractivity contribution < 1.29 is 38.9 Å². The molecule has 1 amide bonds. The Kier molecular flexibility index (Phi) is 8.18. The molecule has 4 aliphatic rings. The van der Waals surface area contributed by atoms with Crippen LogP contribution in [0.1, 0.15) is 94.0 Å². The molecule has 9 heteroatoms. The van der Waals surface area contributed by atoms with Gasteiger partial charge < -0.3 is 20.3 Å². The number of aliphatic hydroxyl groups is 1. The van der Waals surface area contributed by atoms with Gasteiger partial charge in [0.1, 0.15) is 5.60 Å². The van der Waals surface area contributed by atoms with E-state index >= 15 is 0 Å². The molecule has 42 heavy (non-hydrogen) atoms. The van der Waals surface area contributed by atoms with Crippen molar-refractivity contribution in [1.82, 2.24) is 5.32 Å². The maximum atomic E-state index is 13.4. The number of carbonyl (C=O) groups excluding carboxylic acids is 4. The summed E-state index contributed by atoms with van der Waals surface area (Å²) in [6, 6.07) is 6.12. The number of benzene rings is 1. The van der Waals surface area contributed by atoms with E-state index in [9.17, 15) is 29.1 Å². The fraction of sp³-hybridized carbons (Fsp3) is 0.606. The lowest BCUT2D eigenvalue weighted by Crippen LogP contribution is -2.58. The molecule has 0 unspecified atom stereocenters. The number of nitrogens with one attached hydrogen (secondary N) is 1. The van der Waals surface area contributed by atoms with Gasteiger partial charge in [0.15, 0.2) is 12.4 Å². The Balaban J connectivity index is 1.11. The fourth-order valence-corrected chi connectivity index (χ4v) is 8.64. The predicted molar refractivity (Wildman–Crippen MR) is 152 cm³/mol. The van der Waals surface area contributed by atoms with Gasteiger partial charge in [0, 0.05) is 24.8 Å². The number of esters is 1. The molecule has 4 aliphatic carbocycles. The summed E-state index contributed by atoms with van der Waals surface area (Å²) in [6.45, 7) is 4.00. The number of allylic oxidation sites excluding steroid dienone is 1. The Hall–Kier alpha value is -3.33. The highest BCUT2D eigenvalue weighted by atomic mass is 16.5. The summed E-state index contributed by atoms with van der Waals surface area (Å²) < 4.78 is 5.23. The van der Waals surface area contributed by atoms with Crippen molar-refractivity contribution in [3.63, 3.8) is 0 Å². The molecule has 0 radical (unpaired) electrons. The molecule has 3 saturated carbocycles. The van der Waals surface area contributed by atoms with E-state index in [0.717, 1.165) is 37.7 Å². The van der Waals surface area contributed by atoms with E-state index in [0.29, 0.717) is 31.1 Å². The lowest BCUT2D eigenvalue weighted by Gasteiger charge is -2.58. The van der Waals surface area contributed by atoms with Crippen LogP contribution in [0.3, 0.4) is 0 Å². The highest BCUT2D eigenvalue weighted by molar-refractivity contribution is 5.92. The first-order chi connectivity index (χ1) is 19.9. The standard InChI is InChI=1S/C33H41NO8/c1-31-14-11-23(35)17-22(31)7-8-24-25(31)12-15-32(2)26(24)13-16-33(32,41)27(36)19-42-29(38)10-9-28(37)34-18-20-3-5-21(6-4-20)30(39)40/h3-6,17,24-26,41H,7-16,18-19H2,1-2H3,(H,34,37)(H,39,40)/t24-,25+,26-,31+,32-,33+/m0/s1. The molecular weight excluding hydrogens is 538 g/mol. The Morgan fingerprint density at radius 3 is 2.38 bits per heavy atom. The first-order valence-electron chi connectivity index (χ1n) is 15.1. The number of fused-ring (bicyclic) bond motifs is 5. The van der Waals surface area contributed by atoms with E-state index in [-0.39, 0.29) is 48.0 Å². The molecule has 1 aromatic carbocycles. The van der Waals surface area contributed by atoms with Crippen LogP contribution in [0.2, 0.25) is 0 Å². The number of hydrogen-bond donors (Lipinski definition) is 3. The van der Waals surface area contributed by atoms with Gasteiger partial charge in [-0.3, -0.25) is 19.2 Å². The van der Waals surface area contributed by atoms with E-state index in [2.05, 4.69) is 12.2 Å². The van der Waals surface area contributed by atoms with Gasteiger partial charge in [-0.05, 0) is 91.9 Å². The van der Waals surface area contributed by atoms with Crippen LogP contribution in [0.25, 0.3) is 0 Å². The summed E-state index contributed by atoms with van der Waals surface area (Å²) in [6.07, 6.45) is 7.59. The Bertz CT molecular complexity index is 1320. The largest absolute Gasteiger partial charge is 0.478 e. The van der Waals surface area contributed by atoms with Crippen molar-refractivity contribution in [3.8, 4) is 0 Å². The minimum atomic E-state index is -1.56. The summed E-state index contributed by atoms with van der Waals surface area (Å²) in [4.78, 5) is 61.0. The number of rotatable bonds is 9. The van der Waals surface area contributed by atoms with Gasteiger partial charge in [0.25, 0.3) is 0 Å². The zero-order chi connectivity index (χ0) is 30.3. The van der Waals surface area contributed by atoms with Crippen LogP contribution in [0, 0.1) is 28.6 Å². The molecule has 0 aliphatic heterocycles. The topological polar surface area (TPSA) is 147 Å². The maximum Gasteiger partial charge on any atom is 0.335 e. The first-order valence-corrected chi connectivity index (χ1v) is 15.1. The van der Waals surface area contributed by atoms with Gasteiger partial charge in [0.05, 0.1) is 12.0 Å². The van der Waals surface area contributed by atoms with Gasteiger partial charge in [0.2, 0.25) is 11.7 Å². The molecular formula is C33H41NO8. The van der Waals surface area contributed by atoms with Gasteiger partial charge in [-0.2, -0.15) is 0 Å². The normalized spacial score (nSPS) is 33.5. The van der Waals surface area contributed by atoms with Crippen molar-refractivity contribution in [2.24, 2.45) is 28.6 Å². The van der Waals surface area contributed by atoms with Crippen molar-refractivity contribution >= 4 is 29.4 Å². The Morgan fingerprint density at radius 1 is 0.952 bits per heavy atom. The molecule has 0 saturated heterocycles. The van der Waals surface area contributed by atoms with Crippen molar-refractivity contribution in [1.29, 1.82) is 0 Å². The molecule has 9 nitrogen and oxygen atoms in total. The van der Waals surface area contributed by atoms with Gasteiger partial charge in [-0.1, -0.05) is 31.6 Å². The molecule has 0 heterocycles. The number of Topliss-reactive ketones (excluding diaryl/α,β-unsaturated/α-hetero) is 1. The number of aromatic carboxylic acids is 1. The third kappa shape index (κ3) is 5.32. The first kappa shape index (κ1) is 30.1. The van der Waals surface area contributed by atoms with Crippen molar-refractivity contribution in [2.75, 3.05) is 6.61 Å². The zero-order valence-corrected chi connectivity index (χ0v) is 24.4. The van der Waals surface area contributed by atoms with Crippen LogP contribution < -0.4 is 5.32 Å². The number of ketones is 2. The van der Waals surface area contributed by atoms with Crippen LogP contribution >= 0.6 is 0 Å². The summed E-state index contributed by atoms with van der Waals surface area (Å²) >= 11 is 0. The summed E-state index contributed by atoms with van der Waals surface area (Å²) in [7, 11) is 0. The SMILES string of the molecule is C[C@]12CC[C@@H]3[C@H](CCC4=CC(=O)CC[C@]43C)[C@@H]1CC[C@@]2(O)C(=O)COC(=O)CCC(=O)NCc1ccc(C(=O)O)cc1. The quantitative estimate of drug-likeness (QED) is 0.370. The van der Waals surface area contributed by atoms with E-state index < -0.39 is 35.3 Å². The van der Waals surface area contributed by atoms with Crippen LogP contribution in [-0.4, -0.2) is 51.8 Å². The van der Waals surface area contributed by atoms with Gasteiger partial charge in [-0.25, -0.2) is 4.79 Å². The summed E-state index contributed by atoms with van der Waals surface area (Å²) in [5.41, 5.74) is 0.0103. The number of carboxylic acid groups (broad SMARTS) is 1. The second kappa shape index (κ2) is 11.4. The fourth-order valence-electron chi connectivity index (χ4n) is 8.64. The van der Waals surface area contributed by atoms with Crippen LogP contribution in [-0.2, 0) is 30.5 Å². The average Bonchev–Trinajstić information content (AvgIpc) is 3.25. The molecule has 0 aromatic heterocycles. The summed E-state index contributed by atoms with van der Waals surface area (Å²) in [5.74, 6) is -1.31. The number of carboxylic acids is 1. The monoisotopic (exact) mass is 579 g/mol. The van der Waals surface area contributed by atoms with E-state index in [1.165, 1.54) is 17.7 Å². The third-order valence-electron chi connectivity index (χ3n) is 11.2. The van der Waals surface area contributed by atoms with Crippen LogP contribution in [0.4, 0.5) is 0 Å². The Labute approximate surface area is 246 Å². The minimum absolute atomic E-state index is 0.00959. The predicted octanol–water partition coefficient (Wildman–Crippen LogP) is 4.16. The van der Waals surface area contributed by atoms with Crippen molar-refractivity contribution in [3.05, 3.63) is 47.0 Å². The number of ether oxygens (including phenoxy) is 1. The van der Waals surface area contributed by atoms with Gasteiger partial charge >= 0.3 is 11.9 Å². The van der Waals surface area contributed by atoms with E-state index in [4.69, 9.17) is 9.84 Å². The molecule has 226 valence electrons. The van der Waals surface area contributed by atoms with E-state index in [1.807, 2.05) is 13.0 Å². The lowest BCUT2D eigenvalue weighted by molar-refractivity contribution is -0.170. The summed E-state index contributed by atoms with van der Waals surface area (Å²) in [5, 5.41) is 23.4. The van der Waals surface area contributed by atoms with Crippen LogP contribution in [0.5, 0.6) is 0 Å². The molecule has 3 N–H and O–H groups in total. The Morgan fingerprint density at radius 2 is 1.67 bits per heavy atom. The maximum absolute atomic E-state index is 13.4. The molecule has 6 atom stereocenters. The van der Waals surface area contributed by atoms with E-state index in [1.54, 1.807) is 12.1 Å². The van der Waals surface area contributed by atoms with Crippen molar-refractivity contribution in [2.45, 2.75) is 90.2 Å². The average molecular weight is 580 g/mol. The molecule has 1 aromatic rings. The minimum Gasteiger partial charge on any atom is -0.478 e. The second-order valence-electron chi connectivity index (χ2n) is 13.2. The number of amides is 1. The zero-order valence-electron chi connectivity index (χ0n) is 24.4. The van der Waals surface area contributed by atoms with Crippen LogP contribution in [0.15, 0.2) is 35.9 Å². The molecule has 0 spiro atoms. The highest BCUT2D eigenvalue weighted by Gasteiger charge is 2.66. The molecule has 3 fully saturated rings. The third-order valence-corrected chi connectivity index (χ3v) is 11.2. The lowest BCUT2D eigenvalue weighted by atomic mass is 9.46.